The molecular weight excluding hydrogens is 280 g/mol. The van der Waals surface area contributed by atoms with Crippen molar-refractivity contribution in [1.82, 2.24) is 0 Å². The summed E-state index contributed by atoms with van der Waals surface area (Å²) in [7, 11) is 0. The van der Waals surface area contributed by atoms with E-state index in [4.69, 9.17) is 4.74 Å². The van der Waals surface area contributed by atoms with E-state index in [-0.39, 0.29) is 0 Å². The van der Waals surface area contributed by atoms with E-state index in [0.717, 1.165) is 14.4 Å². The highest BCUT2D eigenvalue weighted by Gasteiger charge is 2.07. The summed E-state index contributed by atoms with van der Waals surface area (Å²) in [5.74, 6) is 0.933. The van der Waals surface area contributed by atoms with Gasteiger partial charge in [-0.15, -0.1) is 24.0 Å². The van der Waals surface area contributed by atoms with Crippen LogP contribution in [0.15, 0.2) is 26.9 Å². The topological polar surface area (TPSA) is 9.23 Å². The molecule has 1 aromatic heterocycles. The molecule has 0 saturated heterocycles. The first-order chi connectivity index (χ1) is 6.70. The quantitative estimate of drug-likeness (QED) is 0.809. The van der Waals surface area contributed by atoms with Gasteiger partial charge in [0, 0.05) is 4.47 Å². The zero-order valence-electron chi connectivity index (χ0n) is 7.58. The molecule has 4 heteroatoms. The van der Waals surface area contributed by atoms with E-state index in [9.17, 15) is 0 Å². The largest absolute Gasteiger partial charge is 0.492 e. The van der Waals surface area contributed by atoms with Gasteiger partial charge >= 0.3 is 0 Å². The Morgan fingerprint density at radius 1 is 1.43 bits per heavy atom. The fraction of sp³-hybridized carbons (Fsp3) is 0.200. The van der Waals surface area contributed by atoms with Crippen molar-refractivity contribution >= 4 is 50.0 Å². The Bertz CT molecular complexity index is 464. The Morgan fingerprint density at radius 3 is 2.93 bits per heavy atom. The molecule has 1 heterocycles. The lowest BCUT2D eigenvalue weighted by Gasteiger charge is -2.04. The predicted octanol–water partition coefficient (Wildman–Crippen LogP) is 4.35. The maximum Gasteiger partial charge on any atom is 0.138 e. The molecule has 0 spiro atoms. The Labute approximate surface area is 101 Å². The normalized spacial score (nSPS) is 10.8. The molecule has 0 aliphatic heterocycles. The summed E-state index contributed by atoms with van der Waals surface area (Å²) in [4.78, 5) is 0. The Morgan fingerprint density at radius 2 is 2.21 bits per heavy atom. The van der Waals surface area contributed by atoms with E-state index in [1.54, 1.807) is 11.3 Å². The number of fused-ring (bicyclic) bond motifs is 1. The zero-order valence-corrected chi connectivity index (χ0v) is 10.9. The van der Waals surface area contributed by atoms with Crippen molar-refractivity contribution in [2.24, 2.45) is 0 Å². The summed E-state index contributed by atoms with van der Waals surface area (Å²) in [6.07, 6.45) is 0. The SMILES string of the molecule is CCOc1cc(Br)cc2cc(S)sc12. The molecule has 74 valence electrons. The van der Waals surface area contributed by atoms with Crippen molar-refractivity contribution < 1.29 is 4.74 Å². The molecule has 2 aromatic rings. The van der Waals surface area contributed by atoms with Crippen molar-refractivity contribution in [2.45, 2.75) is 11.1 Å². The third kappa shape index (κ3) is 1.92. The Kier molecular flexibility index (Phi) is 3.04. The zero-order chi connectivity index (χ0) is 10.1. The van der Waals surface area contributed by atoms with E-state index in [1.165, 1.54) is 10.1 Å². The van der Waals surface area contributed by atoms with E-state index < -0.39 is 0 Å². The fourth-order valence-corrected chi connectivity index (χ4v) is 3.05. The molecule has 0 atom stereocenters. The van der Waals surface area contributed by atoms with E-state index in [1.807, 2.05) is 13.0 Å². The molecule has 1 nitrogen and oxygen atoms in total. The van der Waals surface area contributed by atoms with Gasteiger partial charge in [0.05, 0.1) is 15.5 Å². The van der Waals surface area contributed by atoms with Crippen LogP contribution in [-0.2, 0) is 0 Å². The number of halogens is 1. The van der Waals surface area contributed by atoms with Crippen LogP contribution < -0.4 is 4.74 Å². The molecule has 0 aliphatic carbocycles. The molecule has 0 N–H and O–H groups in total. The average Bonchev–Trinajstić information content (AvgIpc) is 2.45. The highest BCUT2D eigenvalue weighted by molar-refractivity contribution is 9.10. The lowest BCUT2D eigenvalue weighted by Crippen LogP contribution is -1.90. The summed E-state index contributed by atoms with van der Waals surface area (Å²) in [5, 5.41) is 1.18. The van der Waals surface area contributed by atoms with Gasteiger partial charge in [0.1, 0.15) is 5.75 Å². The summed E-state index contributed by atoms with van der Waals surface area (Å²) >= 11 is 9.45. The first kappa shape index (κ1) is 10.3. The second-order valence-corrected chi connectivity index (χ2v) is 5.59. The molecule has 0 fully saturated rings. The number of rotatable bonds is 2. The van der Waals surface area contributed by atoms with Crippen molar-refractivity contribution in [1.29, 1.82) is 0 Å². The maximum absolute atomic E-state index is 5.56. The Hall–Kier alpha value is -0.190. The van der Waals surface area contributed by atoms with Gasteiger partial charge in [-0.1, -0.05) is 15.9 Å². The predicted molar refractivity (Wildman–Crippen MR) is 67.9 cm³/mol. The molecule has 0 saturated carbocycles. The smallest absolute Gasteiger partial charge is 0.138 e. The highest BCUT2D eigenvalue weighted by Crippen LogP contribution is 2.37. The van der Waals surface area contributed by atoms with Gasteiger partial charge in [0.25, 0.3) is 0 Å². The van der Waals surface area contributed by atoms with E-state index in [0.29, 0.717) is 6.61 Å². The van der Waals surface area contributed by atoms with Crippen molar-refractivity contribution in [3.8, 4) is 5.75 Å². The minimum absolute atomic E-state index is 0.686. The van der Waals surface area contributed by atoms with Crippen LogP contribution in [0, 0.1) is 0 Å². The van der Waals surface area contributed by atoms with Crippen LogP contribution in [0.2, 0.25) is 0 Å². The second kappa shape index (κ2) is 4.13. The molecule has 0 aliphatic rings. The molecule has 0 radical (unpaired) electrons. The van der Waals surface area contributed by atoms with E-state index >= 15 is 0 Å². The lowest BCUT2D eigenvalue weighted by atomic mass is 10.2. The molecule has 1 aromatic carbocycles. The van der Waals surface area contributed by atoms with Gasteiger partial charge in [-0.05, 0) is 30.5 Å². The standard InChI is InChI=1S/C10H9BrOS2/c1-2-12-8-5-7(11)3-6-4-9(13)14-10(6)8/h3-5,13H,2H2,1H3. The lowest BCUT2D eigenvalue weighted by molar-refractivity contribution is 0.344. The molecule has 0 bridgehead atoms. The minimum atomic E-state index is 0.686. The van der Waals surface area contributed by atoms with Crippen LogP contribution in [0.25, 0.3) is 10.1 Å². The maximum atomic E-state index is 5.56. The fourth-order valence-electron chi connectivity index (χ4n) is 1.34. The monoisotopic (exact) mass is 288 g/mol. The molecular formula is C10H9BrOS2. The van der Waals surface area contributed by atoms with Crippen LogP contribution in [0.5, 0.6) is 5.75 Å². The van der Waals surface area contributed by atoms with Crippen molar-refractivity contribution in [3.63, 3.8) is 0 Å². The second-order valence-electron chi connectivity index (χ2n) is 2.84. The average molecular weight is 289 g/mol. The van der Waals surface area contributed by atoms with Crippen LogP contribution >= 0.6 is 39.9 Å². The van der Waals surface area contributed by atoms with E-state index in [2.05, 4.69) is 40.7 Å². The number of thiophene rings is 1. The molecule has 0 unspecified atom stereocenters. The van der Waals surface area contributed by atoms with Crippen LogP contribution in [-0.4, -0.2) is 6.61 Å². The van der Waals surface area contributed by atoms with Gasteiger partial charge in [-0.25, -0.2) is 0 Å². The van der Waals surface area contributed by atoms with Crippen molar-refractivity contribution in [2.75, 3.05) is 6.61 Å². The molecule has 14 heavy (non-hydrogen) atoms. The number of hydrogen-bond donors (Lipinski definition) is 1. The highest BCUT2D eigenvalue weighted by atomic mass is 79.9. The van der Waals surface area contributed by atoms with Crippen molar-refractivity contribution in [3.05, 3.63) is 22.7 Å². The van der Waals surface area contributed by atoms with Gasteiger partial charge in [0.2, 0.25) is 0 Å². The van der Waals surface area contributed by atoms with Gasteiger partial charge in [-0.3, -0.25) is 0 Å². The number of benzene rings is 1. The van der Waals surface area contributed by atoms with Gasteiger partial charge in [-0.2, -0.15) is 0 Å². The third-order valence-electron chi connectivity index (χ3n) is 1.83. The first-order valence-corrected chi connectivity index (χ1v) is 6.31. The van der Waals surface area contributed by atoms with Gasteiger partial charge < -0.3 is 4.74 Å². The summed E-state index contributed by atoms with van der Waals surface area (Å²) in [6.45, 7) is 2.67. The number of ether oxygens (including phenoxy) is 1. The molecule has 0 amide bonds. The molecule has 2 rings (SSSR count). The Balaban J connectivity index is 2.66. The number of hydrogen-bond acceptors (Lipinski definition) is 3. The summed E-state index contributed by atoms with van der Waals surface area (Å²) in [6, 6.07) is 6.13. The van der Waals surface area contributed by atoms with Crippen LogP contribution in [0.4, 0.5) is 0 Å². The summed E-state index contributed by atoms with van der Waals surface area (Å²) < 4.78 is 8.78. The minimum Gasteiger partial charge on any atom is -0.492 e. The summed E-state index contributed by atoms with van der Waals surface area (Å²) in [5.41, 5.74) is 0. The third-order valence-corrected chi connectivity index (χ3v) is 3.66. The first-order valence-electron chi connectivity index (χ1n) is 4.25. The van der Waals surface area contributed by atoms with Crippen LogP contribution in [0.1, 0.15) is 6.92 Å². The number of thiol groups is 1. The van der Waals surface area contributed by atoms with Crippen LogP contribution in [0.3, 0.4) is 0 Å². The van der Waals surface area contributed by atoms with Gasteiger partial charge in [0.15, 0.2) is 0 Å².